The summed E-state index contributed by atoms with van der Waals surface area (Å²) >= 11 is 0. The number of likely N-dealkylation sites (N-methyl/N-ethyl adjacent to an activating group) is 1. The molecular formula is C26H34N4O3. The van der Waals surface area contributed by atoms with Gasteiger partial charge in [-0.2, -0.15) is 0 Å². The molecule has 0 aromatic heterocycles. The molecule has 2 N–H and O–H groups in total. The minimum absolute atomic E-state index is 0.0680. The quantitative estimate of drug-likeness (QED) is 0.654. The summed E-state index contributed by atoms with van der Waals surface area (Å²) in [4.78, 5) is 29.2. The highest BCUT2D eigenvalue weighted by Crippen LogP contribution is 2.36. The van der Waals surface area contributed by atoms with E-state index in [1.807, 2.05) is 70.1 Å². The second kappa shape index (κ2) is 9.67. The van der Waals surface area contributed by atoms with Crippen LogP contribution in [-0.4, -0.2) is 50.1 Å². The third-order valence-electron chi connectivity index (χ3n) is 5.70. The number of benzene rings is 2. The van der Waals surface area contributed by atoms with Crippen molar-refractivity contribution in [3.63, 3.8) is 0 Å². The number of urea groups is 1. The molecule has 176 valence electrons. The highest BCUT2D eigenvalue weighted by Gasteiger charge is 2.31. The highest BCUT2D eigenvalue weighted by molar-refractivity contribution is 6.00. The molecule has 0 fully saturated rings. The fraction of sp³-hybridized carbons (Fsp3) is 0.385. The number of hydrogen-bond donors (Lipinski definition) is 2. The summed E-state index contributed by atoms with van der Waals surface area (Å²) in [6, 6.07) is 13.0. The van der Waals surface area contributed by atoms with E-state index in [1.54, 1.807) is 24.0 Å². The van der Waals surface area contributed by atoms with Crippen molar-refractivity contribution in [2.24, 2.45) is 0 Å². The van der Waals surface area contributed by atoms with Gasteiger partial charge in [-0.15, -0.1) is 0 Å². The number of fused-ring (bicyclic) bond motifs is 1. The van der Waals surface area contributed by atoms with E-state index < -0.39 is 11.6 Å². The number of carbonyl (C=O) groups excluding carboxylic acids is 2. The number of anilines is 2. The minimum Gasteiger partial charge on any atom is -0.479 e. The number of hydrogen-bond acceptors (Lipinski definition) is 4. The molecule has 0 saturated heterocycles. The van der Waals surface area contributed by atoms with Crippen LogP contribution in [-0.2, 0) is 10.3 Å². The van der Waals surface area contributed by atoms with Gasteiger partial charge in [0.25, 0.3) is 5.91 Å². The summed E-state index contributed by atoms with van der Waals surface area (Å²) in [7, 11) is 3.94. The average molecular weight is 451 g/mol. The number of allylic oxidation sites excluding steroid dienone is 1. The Morgan fingerprint density at radius 3 is 2.61 bits per heavy atom. The molecule has 3 rings (SSSR count). The smallest absolute Gasteiger partial charge is 0.319 e. The van der Waals surface area contributed by atoms with Gasteiger partial charge in [0, 0.05) is 24.8 Å². The Balaban J connectivity index is 1.74. The molecule has 3 amide bonds. The van der Waals surface area contributed by atoms with E-state index in [9.17, 15) is 9.59 Å². The number of amides is 3. The van der Waals surface area contributed by atoms with Crippen LogP contribution in [0.15, 0.2) is 49.0 Å². The van der Waals surface area contributed by atoms with E-state index in [4.69, 9.17) is 4.74 Å². The average Bonchev–Trinajstić information content (AvgIpc) is 2.73. The van der Waals surface area contributed by atoms with Crippen LogP contribution < -0.4 is 20.3 Å². The third-order valence-corrected chi connectivity index (χ3v) is 5.70. The standard InChI is InChI=1S/C26H34N4O3/c1-17(2)19-9-8-10-20(15-19)26(4,5)28-25(32)27-21-11-12-22-23(16-21)33-18(3)24(31)30(22)14-13-29(6)7/h8-12,15-16,18H,1,13-14H2,2-7H3,(H2,27,28,32). The van der Waals surface area contributed by atoms with Gasteiger partial charge in [0.1, 0.15) is 5.75 Å². The predicted molar refractivity (Wildman–Crippen MR) is 134 cm³/mol. The molecule has 2 aromatic carbocycles. The lowest BCUT2D eigenvalue weighted by Gasteiger charge is -2.34. The van der Waals surface area contributed by atoms with Crippen LogP contribution >= 0.6 is 0 Å². The number of nitrogens with zero attached hydrogens (tertiary/aromatic N) is 2. The first-order valence-electron chi connectivity index (χ1n) is 11.1. The predicted octanol–water partition coefficient (Wildman–Crippen LogP) is 4.45. The molecule has 1 atom stereocenters. The lowest BCUT2D eigenvalue weighted by molar-refractivity contribution is -0.125. The first-order chi connectivity index (χ1) is 15.5. The number of nitrogens with one attached hydrogen (secondary N) is 2. The normalized spacial score (nSPS) is 15.7. The largest absolute Gasteiger partial charge is 0.479 e. The molecule has 0 spiro atoms. The number of carbonyl (C=O) groups is 2. The van der Waals surface area contributed by atoms with Crippen LogP contribution in [0.2, 0.25) is 0 Å². The van der Waals surface area contributed by atoms with E-state index >= 15 is 0 Å². The lowest BCUT2D eigenvalue weighted by Crippen LogP contribution is -2.47. The lowest BCUT2D eigenvalue weighted by atomic mass is 9.92. The zero-order valence-corrected chi connectivity index (χ0v) is 20.4. The maximum absolute atomic E-state index is 12.8. The summed E-state index contributed by atoms with van der Waals surface area (Å²) in [6.07, 6.45) is -0.580. The number of rotatable bonds is 7. The van der Waals surface area contributed by atoms with Crippen molar-refractivity contribution in [3.8, 4) is 5.75 Å². The molecule has 7 nitrogen and oxygen atoms in total. The summed E-state index contributed by atoms with van der Waals surface area (Å²) in [5.74, 6) is 0.508. The fourth-order valence-corrected chi connectivity index (χ4v) is 3.71. The van der Waals surface area contributed by atoms with Crippen LogP contribution in [0.3, 0.4) is 0 Å². The monoisotopic (exact) mass is 450 g/mol. The third kappa shape index (κ3) is 5.73. The fourth-order valence-electron chi connectivity index (χ4n) is 3.71. The van der Waals surface area contributed by atoms with Gasteiger partial charge in [0.05, 0.1) is 11.2 Å². The molecule has 0 aliphatic carbocycles. The Kier molecular flexibility index (Phi) is 7.12. The Labute approximate surface area is 196 Å². The topological polar surface area (TPSA) is 73.9 Å². The van der Waals surface area contributed by atoms with Crippen LogP contribution in [0.1, 0.15) is 38.8 Å². The Morgan fingerprint density at radius 2 is 1.94 bits per heavy atom. The van der Waals surface area contributed by atoms with Gasteiger partial charge >= 0.3 is 6.03 Å². The van der Waals surface area contributed by atoms with Gasteiger partial charge in [-0.3, -0.25) is 4.79 Å². The van der Waals surface area contributed by atoms with Crippen molar-refractivity contribution in [2.45, 2.75) is 39.3 Å². The molecule has 2 aromatic rings. The van der Waals surface area contributed by atoms with Gasteiger partial charge in [-0.1, -0.05) is 30.4 Å². The van der Waals surface area contributed by atoms with E-state index in [-0.39, 0.29) is 11.9 Å². The molecule has 0 saturated carbocycles. The van der Waals surface area contributed by atoms with Gasteiger partial charge in [-0.05, 0) is 71.1 Å². The van der Waals surface area contributed by atoms with E-state index in [0.717, 1.165) is 23.2 Å². The van der Waals surface area contributed by atoms with Crippen molar-refractivity contribution in [1.82, 2.24) is 10.2 Å². The first-order valence-corrected chi connectivity index (χ1v) is 11.1. The highest BCUT2D eigenvalue weighted by atomic mass is 16.5. The molecule has 7 heteroatoms. The molecule has 33 heavy (non-hydrogen) atoms. The molecule has 1 aliphatic rings. The van der Waals surface area contributed by atoms with Gasteiger partial charge < -0.3 is 25.2 Å². The van der Waals surface area contributed by atoms with Crippen molar-refractivity contribution in [1.29, 1.82) is 0 Å². The molecule has 1 aliphatic heterocycles. The van der Waals surface area contributed by atoms with Gasteiger partial charge in [0.2, 0.25) is 0 Å². The van der Waals surface area contributed by atoms with Crippen LogP contribution in [0.5, 0.6) is 5.75 Å². The second-order valence-corrected chi connectivity index (χ2v) is 9.30. The summed E-state index contributed by atoms with van der Waals surface area (Å²) in [5.41, 5.74) is 3.70. The summed E-state index contributed by atoms with van der Waals surface area (Å²) in [5, 5.41) is 5.92. The van der Waals surface area contributed by atoms with Crippen molar-refractivity contribution < 1.29 is 14.3 Å². The van der Waals surface area contributed by atoms with Crippen LogP contribution in [0.4, 0.5) is 16.2 Å². The SMILES string of the molecule is C=C(C)c1cccc(C(C)(C)NC(=O)Nc2ccc3c(c2)OC(C)C(=O)N3CCN(C)C)c1. The Bertz CT molecular complexity index is 1060. The van der Waals surface area contributed by atoms with E-state index in [0.29, 0.717) is 23.7 Å². The van der Waals surface area contributed by atoms with Crippen LogP contribution in [0, 0.1) is 0 Å². The molecule has 1 heterocycles. The van der Waals surface area contributed by atoms with Crippen molar-refractivity contribution >= 4 is 28.9 Å². The van der Waals surface area contributed by atoms with E-state index in [1.165, 1.54) is 0 Å². The summed E-state index contributed by atoms with van der Waals surface area (Å²) < 4.78 is 5.82. The minimum atomic E-state index is -0.593. The summed E-state index contributed by atoms with van der Waals surface area (Å²) in [6.45, 7) is 12.9. The Morgan fingerprint density at radius 1 is 1.21 bits per heavy atom. The molecule has 0 radical (unpaired) electrons. The second-order valence-electron chi connectivity index (χ2n) is 9.30. The maximum Gasteiger partial charge on any atom is 0.319 e. The molecular weight excluding hydrogens is 416 g/mol. The van der Waals surface area contributed by atoms with Crippen LogP contribution in [0.25, 0.3) is 5.57 Å². The van der Waals surface area contributed by atoms with Gasteiger partial charge in [0.15, 0.2) is 6.10 Å². The van der Waals surface area contributed by atoms with Crippen molar-refractivity contribution in [2.75, 3.05) is 37.4 Å². The Hall–Kier alpha value is -3.32. The van der Waals surface area contributed by atoms with Crippen molar-refractivity contribution in [3.05, 3.63) is 60.2 Å². The maximum atomic E-state index is 12.8. The van der Waals surface area contributed by atoms with E-state index in [2.05, 4.69) is 17.2 Å². The first kappa shape index (κ1) is 24.3. The number of ether oxygens (including phenoxy) is 1. The molecule has 0 bridgehead atoms. The zero-order chi connectivity index (χ0) is 24.3. The van der Waals surface area contributed by atoms with Gasteiger partial charge in [-0.25, -0.2) is 4.79 Å². The zero-order valence-electron chi connectivity index (χ0n) is 20.4. The molecule has 1 unspecified atom stereocenters.